The van der Waals surface area contributed by atoms with Gasteiger partial charge in [0.15, 0.2) is 0 Å². The fraction of sp³-hybridized carbons (Fsp3) is 0.981. The summed E-state index contributed by atoms with van der Waals surface area (Å²) in [6, 6.07) is 0. The summed E-state index contributed by atoms with van der Waals surface area (Å²) in [4.78, 5) is 0. The second kappa shape index (κ2) is 14.7. The lowest BCUT2D eigenvalue weighted by atomic mass is 9.41. The fourth-order valence-corrected chi connectivity index (χ4v) is 22.5. The van der Waals surface area contributed by atoms with Crippen molar-refractivity contribution >= 4 is 5.71 Å². The highest BCUT2D eigenvalue weighted by atomic mass is 14.8. The normalized spacial score (nSPS) is 55.4. The van der Waals surface area contributed by atoms with Crippen molar-refractivity contribution in [2.75, 3.05) is 0 Å². The zero-order valence-corrected chi connectivity index (χ0v) is 35.8. The van der Waals surface area contributed by atoms with Gasteiger partial charge in [-0.15, -0.1) is 0 Å². The molecule has 0 aromatic carbocycles. The van der Waals surface area contributed by atoms with Crippen molar-refractivity contribution in [2.45, 2.75) is 193 Å². The molecule has 1 heteroatoms. The van der Waals surface area contributed by atoms with Gasteiger partial charge in [0.05, 0.1) is 0 Å². The molecular formula is C54H85N. The van der Waals surface area contributed by atoms with E-state index in [1.807, 2.05) is 0 Å². The van der Waals surface area contributed by atoms with Crippen LogP contribution in [0.2, 0.25) is 0 Å². The molecule has 1 N–H and O–H groups in total. The minimum Gasteiger partial charge on any atom is -0.309 e. The van der Waals surface area contributed by atoms with Gasteiger partial charge in [-0.05, 0) is 226 Å². The van der Waals surface area contributed by atoms with Gasteiger partial charge in [-0.1, -0.05) is 103 Å². The first-order valence-electron chi connectivity index (χ1n) is 26.8. The Labute approximate surface area is 339 Å². The van der Waals surface area contributed by atoms with Crippen LogP contribution in [0.3, 0.4) is 0 Å². The predicted octanol–water partition coefficient (Wildman–Crippen LogP) is 14.7. The molecule has 55 heavy (non-hydrogen) atoms. The van der Waals surface area contributed by atoms with Gasteiger partial charge in [-0.3, -0.25) is 0 Å². The molecule has 0 amide bonds. The summed E-state index contributed by atoms with van der Waals surface area (Å²) in [6.45, 7) is 2.35. The van der Waals surface area contributed by atoms with Gasteiger partial charge in [0, 0.05) is 5.71 Å². The molecule has 306 valence electrons. The first-order valence-corrected chi connectivity index (χ1v) is 26.8. The van der Waals surface area contributed by atoms with E-state index in [0.29, 0.717) is 5.92 Å². The van der Waals surface area contributed by atoms with Gasteiger partial charge >= 0.3 is 0 Å². The van der Waals surface area contributed by atoms with E-state index in [-0.39, 0.29) is 0 Å². The summed E-state index contributed by atoms with van der Waals surface area (Å²) in [5.74, 6) is 24.9. The van der Waals surface area contributed by atoms with Crippen LogP contribution >= 0.6 is 0 Å². The Hall–Kier alpha value is -0.330. The molecule has 12 fully saturated rings. The van der Waals surface area contributed by atoms with Crippen LogP contribution in [0.15, 0.2) is 0 Å². The van der Waals surface area contributed by atoms with Crippen molar-refractivity contribution < 1.29 is 0 Å². The van der Waals surface area contributed by atoms with Gasteiger partial charge in [0.25, 0.3) is 0 Å². The molecule has 0 bridgehead atoms. The third kappa shape index (κ3) is 5.62. The van der Waals surface area contributed by atoms with Crippen LogP contribution in [0, 0.1) is 142 Å². The highest BCUT2D eigenvalue weighted by Gasteiger charge is 2.72. The molecule has 0 radical (unpaired) electrons. The maximum atomic E-state index is 9.46. The average molecular weight is 748 g/mol. The summed E-state index contributed by atoms with van der Waals surface area (Å²) >= 11 is 0. The number of unbranched alkanes of at least 4 members (excludes halogenated alkanes) is 2. The SMILES string of the molecule is CCCCCC(=N)C1CC2CCC3CCC4C5C(CC(C1)C2C35)C1C(C2CCCCC2)C2CC3C5CCCCC5C5CCCC(C53)C2C(C2CCCCC2)C41. The number of hydrogen-bond acceptors (Lipinski definition) is 1. The topological polar surface area (TPSA) is 23.9 Å². The second-order valence-electron chi connectivity index (χ2n) is 24.6. The minimum absolute atomic E-state index is 0.646. The monoisotopic (exact) mass is 748 g/mol. The highest BCUT2D eigenvalue weighted by molar-refractivity contribution is 5.83. The molecule has 0 spiro atoms. The quantitative estimate of drug-likeness (QED) is 0.198. The van der Waals surface area contributed by atoms with Gasteiger partial charge in [0.2, 0.25) is 0 Å². The Bertz CT molecular complexity index is 1380. The Balaban J connectivity index is 0.967. The Morgan fingerprint density at radius 2 is 0.891 bits per heavy atom. The number of fused-ring (bicyclic) bond motifs is 8. The maximum absolute atomic E-state index is 9.46. The molecule has 0 heterocycles. The lowest BCUT2D eigenvalue weighted by Gasteiger charge is -2.64. The van der Waals surface area contributed by atoms with E-state index in [9.17, 15) is 5.41 Å². The Morgan fingerprint density at radius 3 is 1.65 bits per heavy atom. The average Bonchev–Trinajstić information content (AvgIpc) is 3.74. The molecule has 12 aliphatic rings. The summed E-state index contributed by atoms with van der Waals surface area (Å²) in [5.41, 5.74) is 1.21. The molecule has 12 aliphatic carbocycles. The van der Waals surface area contributed by atoms with Gasteiger partial charge < -0.3 is 5.41 Å². The smallest absolute Gasteiger partial charge is 0.0120 e. The molecule has 21 atom stereocenters. The molecule has 0 aromatic heterocycles. The van der Waals surface area contributed by atoms with Crippen LogP contribution in [0.4, 0.5) is 0 Å². The molecule has 1 nitrogen and oxygen atoms in total. The van der Waals surface area contributed by atoms with Crippen molar-refractivity contribution in [1.82, 2.24) is 0 Å². The summed E-state index contributed by atoms with van der Waals surface area (Å²) in [6.07, 6.45) is 44.9. The van der Waals surface area contributed by atoms with Gasteiger partial charge in [-0.25, -0.2) is 0 Å². The zero-order chi connectivity index (χ0) is 36.4. The molecule has 0 aliphatic heterocycles. The van der Waals surface area contributed by atoms with E-state index in [1.165, 1.54) is 37.8 Å². The standard InChI is InChI=1S/C54H85N/c1-2-3-6-22-45(55)35-27-34-24-23-33-25-26-41-52-43(29-36(28-35)46(34)48(33)52)54-47(31-14-7-4-8-15-31)44-30-42-38-19-12-11-18-37(38)39-20-13-21-40(50(39)42)51(44)49(53(41)54)32-16-9-5-10-17-32/h31-44,46-55H,2-30H2,1H3. The van der Waals surface area contributed by atoms with E-state index in [4.69, 9.17) is 0 Å². The number of hydrogen-bond donors (Lipinski definition) is 1. The lowest BCUT2D eigenvalue weighted by Crippen LogP contribution is -2.59. The zero-order valence-electron chi connectivity index (χ0n) is 35.8. The van der Waals surface area contributed by atoms with Crippen LogP contribution < -0.4 is 0 Å². The van der Waals surface area contributed by atoms with E-state index in [0.717, 1.165) is 137 Å². The molecule has 12 saturated carbocycles. The van der Waals surface area contributed by atoms with E-state index >= 15 is 0 Å². The van der Waals surface area contributed by atoms with E-state index < -0.39 is 0 Å². The predicted molar refractivity (Wildman–Crippen MR) is 228 cm³/mol. The van der Waals surface area contributed by atoms with E-state index in [1.54, 1.807) is 148 Å². The third-order valence-electron chi connectivity index (χ3n) is 23.3. The van der Waals surface area contributed by atoms with Crippen LogP contribution in [0.5, 0.6) is 0 Å². The molecule has 12 rings (SSSR count). The summed E-state index contributed by atoms with van der Waals surface area (Å²) < 4.78 is 0. The molecule has 0 aromatic rings. The van der Waals surface area contributed by atoms with Gasteiger partial charge in [-0.2, -0.15) is 0 Å². The first kappa shape index (κ1) is 36.5. The maximum Gasteiger partial charge on any atom is 0.0120 e. The largest absolute Gasteiger partial charge is 0.309 e. The van der Waals surface area contributed by atoms with E-state index in [2.05, 4.69) is 6.92 Å². The molecule has 21 unspecified atom stereocenters. The Morgan fingerprint density at radius 1 is 0.345 bits per heavy atom. The van der Waals surface area contributed by atoms with Crippen LogP contribution in [-0.2, 0) is 0 Å². The molecular weight excluding hydrogens is 663 g/mol. The van der Waals surface area contributed by atoms with Crippen LogP contribution in [0.25, 0.3) is 0 Å². The van der Waals surface area contributed by atoms with Crippen molar-refractivity contribution in [3.63, 3.8) is 0 Å². The van der Waals surface area contributed by atoms with Crippen molar-refractivity contribution in [3.8, 4) is 0 Å². The third-order valence-corrected chi connectivity index (χ3v) is 23.3. The van der Waals surface area contributed by atoms with Crippen molar-refractivity contribution in [1.29, 1.82) is 5.41 Å². The van der Waals surface area contributed by atoms with Crippen molar-refractivity contribution in [2.24, 2.45) is 136 Å². The fourth-order valence-electron chi connectivity index (χ4n) is 22.5. The number of rotatable bonds is 7. The first-order chi connectivity index (χ1) is 27.2. The second-order valence-corrected chi connectivity index (χ2v) is 24.6. The van der Waals surface area contributed by atoms with Gasteiger partial charge in [0.1, 0.15) is 0 Å². The lowest BCUT2D eigenvalue weighted by molar-refractivity contribution is -0.162. The van der Waals surface area contributed by atoms with Crippen LogP contribution in [-0.4, -0.2) is 5.71 Å². The molecule has 0 saturated heterocycles. The summed E-state index contributed by atoms with van der Waals surface area (Å²) in [7, 11) is 0. The summed E-state index contributed by atoms with van der Waals surface area (Å²) in [5, 5.41) is 9.46. The van der Waals surface area contributed by atoms with Crippen molar-refractivity contribution in [3.05, 3.63) is 0 Å². The Kier molecular flexibility index (Phi) is 9.75. The van der Waals surface area contributed by atoms with Crippen LogP contribution in [0.1, 0.15) is 193 Å². The highest BCUT2D eigenvalue weighted by Crippen LogP contribution is 2.78. The number of nitrogens with one attached hydrogen (secondary N) is 1. The minimum atomic E-state index is 0.646.